The van der Waals surface area contributed by atoms with Crippen LogP contribution in [0.2, 0.25) is 0 Å². The van der Waals surface area contributed by atoms with Gasteiger partial charge in [-0.3, -0.25) is 4.90 Å². The lowest BCUT2D eigenvalue weighted by Gasteiger charge is -2.50. The quantitative estimate of drug-likeness (QED) is 0.806. The smallest absolute Gasteiger partial charge is 0.0334 e. The van der Waals surface area contributed by atoms with Gasteiger partial charge in [0, 0.05) is 11.6 Å². The Morgan fingerprint density at radius 3 is 2.22 bits per heavy atom. The van der Waals surface area contributed by atoms with Crippen LogP contribution in [0.4, 0.5) is 0 Å². The van der Waals surface area contributed by atoms with E-state index in [1.807, 2.05) is 0 Å². The molecule has 1 aliphatic carbocycles. The van der Waals surface area contributed by atoms with E-state index in [0.29, 0.717) is 11.6 Å². The predicted molar refractivity (Wildman–Crippen MR) is 78.9 cm³/mol. The van der Waals surface area contributed by atoms with Gasteiger partial charge < -0.3 is 5.32 Å². The number of likely N-dealkylation sites (N-methyl/N-ethyl adjacent to an activating group) is 1. The maximum Gasteiger partial charge on any atom is 0.0334 e. The Morgan fingerprint density at radius 2 is 1.72 bits per heavy atom. The van der Waals surface area contributed by atoms with E-state index in [1.165, 1.54) is 64.5 Å². The number of likely N-dealkylation sites (tertiary alicyclic amines) is 1. The highest BCUT2D eigenvalue weighted by Gasteiger charge is 2.42. The summed E-state index contributed by atoms with van der Waals surface area (Å²) in [5.41, 5.74) is 0.365. The van der Waals surface area contributed by atoms with Crippen molar-refractivity contribution < 1.29 is 0 Å². The summed E-state index contributed by atoms with van der Waals surface area (Å²) in [4.78, 5) is 2.79. The van der Waals surface area contributed by atoms with Gasteiger partial charge in [-0.1, -0.05) is 26.2 Å². The zero-order chi connectivity index (χ0) is 13.0. The first kappa shape index (κ1) is 14.3. The minimum Gasteiger partial charge on any atom is -0.315 e. The summed E-state index contributed by atoms with van der Waals surface area (Å²) in [6, 6.07) is 0.683. The molecule has 0 aromatic heterocycles. The predicted octanol–water partition coefficient (Wildman–Crippen LogP) is 3.42. The molecule has 0 amide bonds. The number of hydrogen-bond acceptors (Lipinski definition) is 2. The number of nitrogens with zero attached hydrogens (tertiary/aromatic N) is 1. The highest BCUT2D eigenvalue weighted by Crippen LogP contribution is 2.37. The van der Waals surface area contributed by atoms with Gasteiger partial charge in [-0.2, -0.15) is 0 Å². The van der Waals surface area contributed by atoms with Gasteiger partial charge in [0.05, 0.1) is 0 Å². The lowest BCUT2D eigenvalue weighted by atomic mass is 9.78. The molecular weight excluding hydrogens is 220 g/mol. The molecule has 2 heteroatoms. The van der Waals surface area contributed by atoms with Crippen molar-refractivity contribution >= 4 is 0 Å². The van der Waals surface area contributed by atoms with Gasteiger partial charge in [0.15, 0.2) is 0 Å². The Bertz CT molecular complexity index is 241. The molecule has 106 valence electrons. The van der Waals surface area contributed by atoms with Crippen molar-refractivity contribution in [2.24, 2.45) is 5.92 Å². The molecule has 0 aromatic carbocycles. The molecule has 2 atom stereocenters. The van der Waals surface area contributed by atoms with Gasteiger partial charge in [-0.25, -0.2) is 0 Å². The zero-order valence-electron chi connectivity index (χ0n) is 12.7. The second-order valence-electron chi connectivity index (χ2n) is 6.57. The number of rotatable bonds is 5. The Kier molecular flexibility index (Phi) is 5.08. The molecule has 1 heterocycles. The number of nitrogens with one attached hydrogen (secondary N) is 1. The average molecular weight is 252 g/mol. The SMILES string of the molecule is CCC(C)(C(NC)C1CCCC1)N1CCCCC1. The first-order chi connectivity index (χ1) is 8.72. The third-order valence-corrected chi connectivity index (χ3v) is 5.65. The van der Waals surface area contributed by atoms with Crippen LogP contribution in [0.3, 0.4) is 0 Å². The van der Waals surface area contributed by atoms with Crippen molar-refractivity contribution in [2.75, 3.05) is 20.1 Å². The van der Waals surface area contributed by atoms with Crippen LogP contribution in [0, 0.1) is 5.92 Å². The van der Waals surface area contributed by atoms with E-state index in [9.17, 15) is 0 Å². The van der Waals surface area contributed by atoms with Crippen LogP contribution in [0.1, 0.15) is 65.2 Å². The fraction of sp³-hybridized carbons (Fsp3) is 1.00. The number of hydrogen-bond donors (Lipinski definition) is 1. The minimum absolute atomic E-state index is 0.365. The van der Waals surface area contributed by atoms with Crippen LogP contribution in [-0.2, 0) is 0 Å². The first-order valence-corrected chi connectivity index (χ1v) is 8.14. The summed E-state index contributed by atoms with van der Waals surface area (Å²) in [6.07, 6.45) is 11.3. The molecule has 18 heavy (non-hydrogen) atoms. The van der Waals surface area contributed by atoms with Crippen molar-refractivity contribution in [3.63, 3.8) is 0 Å². The highest BCUT2D eigenvalue weighted by atomic mass is 15.2. The maximum atomic E-state index is 3.69. The summed E-state index contributed by atoms with van der Waals surface area (Å²) in [7, 11) is 2.18. The molecular formula is C16H32N2. The summed E-state index contributed by atoms with van der Waals surface area (Å²) in [6.45, 7) is 7.52. The van der Waals surface area contributed by atoms with E-state index in [1.54, 1.807) is 0 Å². The average Bonchev–Trinajstić information content (AvgIpc) is 2.94. The molecule has 0 bridgehead atoms. The van der Waals surface area contributed by atoms with Crippen LogP contribution >= 0.6 is 0 Å². The van der Waals surface area contributed by atoms with E-state index in [-0.39, 0.29) is 0 Å². The van der Waals surface area contributed by atoms with Crippen molar-refractivity contribution in [1.29, 1.82) is 0 Å². The molecule has 2 nitrogen and oxygen atoms in total. The van der Waals surface area contributed by atoms with Gasteiger partial charge >= 0.3 is 0 Å². The van der Waals surface area contributed by atoms with Crippen LogP contribution in [0.5, 0.6) is 0 Å². The van der Waals surface area contributed by atoms with Gasteiger partial charge in [0.2, 0.25) is 0 Å². The summed E-state index contributed by atoms with van der Waals surface area (Å²) in [5, 5.41) is 3.69. The maximum absolute atomic E-state index is 3.69. The van der Waals surface area contributed by atoms with E-state index in [0.717, 1.165) is 5.92 Å². The summed E-state index contributed by atoms with van der Waals surface area (Å²) < 4.78 is 0. The van der Waals surface area contributed by atoms with E-state index < -0.39 is 0 Å². The fourth-order valence-corrected chi connectivity index (χ4v) is 4.39. The minimum atomic E-state index is 0.365. The van der Waals surface area contributed by atoms with Crippen molar-refractivity contribution in [1.82, 2.24) is 10.2 Å². The van der Waals surface area contributed by atoms with Crippen LogP contribution in [0.15, 0.2) is 0 Å². The topological polar surface area (TPSA) is 15.3 Å². The Hall–Kier alpha value is -0.0800. The monoisotopic (exact) mass is 252 g/mol. The Balaban J connectivity index is 2.11. The molecule has 0 spiro atoms. The summed E-state index contributed by atoms with van der Waals surface area (Å²) >= 11 is 0. The molecule has 0 radical (unpaired) electrons. The lowest BCUT2D eigenvalue weighted by molar-refractivity contribution is 0.0263. The third-order valence-electron chi connectivity index (χ3n) is 5.65. The summed E-state index contributed by atoms with van der Waals surface area (Å²) in [5.74, 6) is 0.905. The van der Waals surface area contributed by atoms with E-state index in [4.69, 9.17) is 0 Å². The van der Waals surface area contributed by atoms with Crippen LogP contribution in [-0.4, -0.2) is 36.6 Å². The molecule has 2 rings (SSSR count). The lowest BCUT2D eigenvalue weighted by Crippen LogP contribution is -2.62. The van der Waals surface area contributed by atoms with Crippen LogP contribution in [0.25, 0.3) is 0 Å². The molecule has 0 aromatic rings. The molecule has 2 unspecified atom stereocenters. The Morgan fingerprint density at radius 1 is 1.11 bits per heavy atom. The standard InChI is InChI=1S/C16H32N2/c1-4-16(2,18-12-8-5-9-13-18)15(17-3)14-10-6-7-11-14/h14-15,17H,4-13H2,1-3H3. The third kappa shape index (κ3) is 2.75. The zero-order valence-corrected chi connectivity index (χ0v) is 12.7. The van der Waals surface area contributed by atoms with Gasteiger partial charge in [-0.05, 0) is 65.1 Å². The molecule has 1 N–H and O–H groups in total. The van der Waals surface area contributed by atoms with Crippen molar-refractivity contribution in [3.8, 4) is 0 Å². The second kappa shape index (κ2) is 6.38. The number of piperidine rings is 1. The molecule has 1 aliphatic heterocycles. The molecule has 2 fully saturated rings. The van der Waals surface area contributed by atoms with Crippen molar-refractivity contribution in [2.45, 2.75) is 76.8 Å². The fourth-order valence-electron chi connectivity index (χ4n) is 4.39. The molecule has 1 saturated carbocycles. The van der Waals surface area contributed by atoms with Gasteiger partial charge in [0.25, 0.3) is 0 Å². The Labute approximate surface area is 114 Å². The van der Waals surface area contributed by atoms with Gasteiger partial charge in [0.1, 0.15) is 0 Å². The van der Waals surface area contributed by atoms with Crippen LogP contribution < -0.4 is 5.32 Å². The molecule has 1 saturated heterocycles. The highest BCUT2D eigenvalue weighted by molar-refractivity contribution is 5.00. The van der Waals surface area contributed by atoms with Gasteiger partial charge in [-0.15, -0.1) is 0 Å². The largest absolute Gasteiger partial charge is 0.315 e. The van der Waals surface area contributed by atoms with Crippen molar-refractivity contribution in [3.05, 3.63) is 0 Å². The normalized spacial score (nSPS) is 28.2. The van der Waals surface area contributed by atoms with E-state index >= 15 is 0 Å². The first-order valence-electron chi connectivity index (χ1n) is 8.14. The second-order valence-corrected chi connectivity index (χ2v) is 6.57. The van der Waals surface area contributed by atoms with E-state index in [2.05, 4.69) is 31.1 Å². The molecule has 2 aliphatic rings.